The molecule has 1 N–H and O–H groups in total. The minimum Gasteiger partial charge on any atom is -0.468 e. The lowest BCUT2D eigenvalue weighted by Gasteiger charge is -2.14. The number of benzene rings is 1. The van der Waals surface area contributed by atoms with Gasteiger partial charge in [-0.2, -0.15) is 0 Å². The van der Waals surface area contributed by atoms with Crippen LogP contribution >= 0.6 is 15.9 Å². The Morgan fingerprint density at radius 3 is 2.65 bits per heavy atom. The molecule has 0 saturated carbocycles. The van der Waals surface area contributed by atoms with Gasteiger partial charge in [-0.15, -0.1) is 0 Å². The molecule has 23 heavy (non-hydrogen) atoms. The van der Waals surface area contributed by atoms with Gasteiger partial charge in [-0.25, -0.2) is 9.69 Å². The number of anilines is 1. The van der Waals surface area contributed by atoms with Crippen molar-refractivity contribution in [3.8, 4) is 0 Å². The van der Waals surface area contributed by atoms with Crippen LogP contribution < -0.4 is 10.2 Å². The lowest BCUT2D eigenvalue weighted by Crippen LogP contribution is -2.36. The van der Waals surface area contributed by atoms with E-state index in [1.165, 1.54) is 7.11 Å². The maximum absolute atomic E-state index is 12.2. The average Bonchev–Trinajstić information content (AvgIpc) is 2.74. The van der Waals surface area contributed by atoms with Gasteiger partial charge < -0.3 is 15.0 Å². The molecule has 0 aromatic heterocycles. The number of hydrogen-bond acceptors (Lipinski definition) is 5. The monoisotopic (exact) mass is 381 g/mol. The molecular formula is C15H16BrN3O4. The van der Waals surface area contributed by atoms with Crippen LogP contribution in [0.1, 0.15) is 5.56 Å². The molecule has 0 atom stereocenters. The maximum atomic E-state index is 12.2. The van der Waals surface area contributed by atoms with E-state index in [0.29, 0.717) is 0 Å². The molecule has 0 bridgehead atoms. The van der Waals surface area contributed by atoms with Crippen LogP contribution in [-0.2, 0) is 14.3 Å². The second-order valence-electron chi connectivity index (χ2n) is 5.06. The number of nitrogens with one attached hydrogen (secondary N) is 1. The quantitative estimate of drug-likeness (QED) is 0.486. The van der Waals surface area contributed by atoms with Crippen LogP contribution in [-0.4, -0.2) is 50.6 Å². The highest BCUT2D eigenvalue weighted by Crippen LogP contribution is 2.27. The van der Waals surface area contributed by atoms with Gasteiger partial charge in [0.25, 0.3) is 5.91 Å². The van der Waals surface area contributed by atoms with Crippen molar-refractivity contribution in [3.05, 3.63) is 33.9 Å². The zero-order valence-corrected chi connectivity index (χ0v) is 14.5. The predicted octanol–water partition coefficient (Wildman–Crippen LogP) is 1.58. The molecule has 1 fully saturated rings. The van der Waals surface area contributed by atoms with Crippen LogP contribution in [0.3, 0.4) is 0 Å². The number of imide groups is 1. The molecule has 0 spiro atoms. The van der Waals surface area contributed by atoms with E-state index in [4.69, 9.17) is 0 Å². The van der Waals surface area contributed by atoms with Crippen molar-refractivity contribution in [1.82, 2.24) is 10.2 Å². The van der Waals surface area contributed by atoms with E-state index in [1.54, 1.807) is 6.08 Å². The Hall–Kier alpha value is -2.35. The minimum atomic E-state index is -0.659. The molecule has 1 heterocycles. The van der Waals surface area contributed by atoms with Gasteiger partial charge in [0.2, 0.25) is 0 Å². The fourth-order valence-corrected chi connectivity index (χ4v) is 2.80. The smallest absolute Gasteiger partial charge is 0.329 e. The SMILES string of the molecule is COC(=O)CN1C(=O)NC(=Cc2ccc(N(C)C)c(Br)c2)C1=O. The summed E-state index contributed by atoms with van der Waals surface area (Å²) < 4.78 is 5.33. The molecule has 7 nitrogen and oxygen atoms in total. The lowest BCUT2D eigenvalue weighted by molar-refractivity contribution is -0.143. The average molecular weight is 382 g/mol. The predicted molar refractivity (Wildman–Crippen MR) is 88.7 cm³/mol. The van der Waals surface area contributed by atoms with E-state index < -0.39 is 24.5 Å². The van der Waals surface area contributed by atoms with E-state index >= 15 is 0 Å². The maximum Gasteiger partial charge on any atom is 0.329 e. The van der Waals surface area contributed by atoms with E-state index in [-0.39, 0.29) is 5.70 Å². The van der Waals surface area contributed by atoms with Gasteiger partial charge in [0.15, 0.2) is 0 Å². The first kappa shape index (κ1) is 17.0. The van der Waals surface area contributed by atoms with Gasteiger partial charge in [0.05, 0.1) is 12.8 Å². The van der Waals surface area contributed by atoms with Crippen LogP contribution in [0.4, 0.5) is 10.5 Å². The topological polar surface area (TPSA) is 79.0 Å². The first-order chi connectivity index (χ1) is 10.8. The molecule has 0 aliphatic carbocycles. The molecule has 3 amide bonds. The molecule has 0 unspecified atom stereocenters. The lowest BCUT2D eigenvalue weighted by atomic mass is 10.1. The Labute approximate surface area is 142 Å². The van der Waals surface area contributed by atoms with Gasteiger partial charge in [0, 0.05) is 18.6 Å². The third-order valence-electron chi connectivity index (χ3n) is 3.24. The molecule has 0 radical (unpaired) electrons. The molecule has 1 saturated heterocycles. The number of hydrogen-bond donors (Lipinski definition) is 1. The Bertz CT molecular complexity index is 700. The fourth-order valence-electron chi connectivity index (χ4n) is 2.05. The number of esters is 1. The second kappa shape index (κ2) is 6.82. The first-order valence-corrected chi connectivity index (χ1v) is 7.51. The first-order valence-electron chi connectivity index (χ1n) is 6.71. The van der Waals surface area contributed by atoms with Crippen molar-refractivity contribution < 1.29 is 19.1 Å². The van der Waals surface area contributed by atoms with Gasteiger partial charge in [-0.1, -0.05) is 6.07 Å². The molecule has 1 aliphatic heterocycles. The van der Waals surface area contributed by atoms with Crippen molar-refractivity contribution in [2.45, 2.75) is 0 Å². The number of carbonyl (C=O) groups excluding carboxylic acids is 3. The van der Waals surface area contributed by atoms with Crippen LogP contribution in [0.5, 0.6) is 0 Å². The molecule has 8 heteroatoms. The van der Waals surface area contributed by atoms with Crippen molar-refractivity contribution in [3.63, 3.8) is 0 Å². The minimum absolute atomic E-state index is 0.114. The number of methoxy groups -OCH3 is 1. The van der Waals surface area contributed by atoms with Gasteiger partial charge in [-0.05, 0) is 39.7 Å². The van der Waals surface area contributed by atoms with Crippen molar-refractivity contribution >= 4 is 45.6 Å². The largest absolute Gasteiger partial charge is 0.468 e. The molecule has 1 aliphatic rings. The Kier molecular flexibility index (Phi) is 5.05. The zero-order valence-electron chi connectivity index (χ0n) is 12.9. The summed E-state index contributed by atoms with van der Waals surface area (Å²) in [5.41, 5.74) is 1.84. The van der Waals surface area contributed by atoms with Gasteiger partial charge in [0.1, 0.15) is 12.2 Å². The molecule has 1 aromatic carbocycles. The van der Waals surface area contributed by atoms with Crippen LogP contribution in [0.15, 0.2) is 28.4 Å². The molecule has 2 rings (SSSR count). The Balaban J connectivity index is 2.24. The van der Waals surface area contributed by atoms with E-state index in [0.717, 1.165) is 20.6 Å². The summed E-state index contributed by atoms with van der Waals surface area (Å²) >= 11 is 3.46. The molecule has 1 aromatic rings. The van der Waals surface area contributed by atoms with Gasteiger partial charge >= 0.3 is 12.0 Å². The summed E-state index contributed by atoms with van der Waals surface area (Å²) in [6.45, 7) is -0.415. The Morgan fingerprint density at radius 1 is 1.39 bits per heavy atom. The number of amides is 3. The number of nitrogens with zero attached hydrogens (tertiary/aromatic N) is 2. The van der Waals surface area contributed by atoms with E-state index in [1.807, 2.05) is 37.2 Å². The van der Waals surface area contributed by atoms with E-state index in [2.05, 4.69) is 26.0 Å². The number of ether oxygens (including phenoxy) is 1. The highest BCUT2D eigenvalue weighted by Gasteiger charge is 2.35. The highest BCUT2D eigenvalue weighted by atomic mass is 79.9. The summed E-state index contributed by atoms with van der Waals surface area (Å²) in [4.78, 5) is 38.0. The highest BCUT2D eigenvalue weighted by molar-refractivity contribution is 9.10. The second-order valence-corrected chi connectivity index (χ2v) is 5.92. The summed E-state index contributed by atoms with van der Waals surface area (Å²) in [5, 5.41) is 2.45. The Morgan fingerprint density at radius 2 is 2.09 bits per heavy atom. The fraction of sp³-hybridized carbons (Fsp3) is 0.267. The number of carbonyl (C=O) groups is 3. The molecule has 122 valence electrons. The van der Waals surface area contributed by atoms with Crippen molar-refractivity contribution in [2.24, 2.45) is 0 Å². The summed E-state index contributed by atoms with van der Waals surface area (Å²) in [6, 6.07) is 4.92. The molecular weight excluding hydrogens is 366 g/mol. The third kappa shape index (κ3) is 3.70. The van der Waals surface area contributed by atoms with E-state index in [9.17, 15) is 14.4 Å². The number of rotatable bonds is 4. The summed E-state index contributed by atoms with van der Waals surface area (Å²) in [7, 11) is 5.04. The standard InChI is InChI=1S/C15H16BrN3O4/c1-18(2)12-5-4-9(6-10(12)16)7-11-14(21)19(15(22)17-11)8-13(20)23-3/h4-7H,8H2,1-3H3,(H,17,22). The third-order valence-corrected chi connectivity index (χ3v) is 3.88. The van der Waals surface area contributed by atoms with Crippen LogP contribution in [0.2, 0.25) is 0 Å². The zero-order chi connectivity index (χ0) is 17.1. The summed E-state index contributed by atoms with van der Waals surface area (Å²) in [5.74, 6) is -1.22. The normalized spacial score (nSPS) is 15.8. The van der Waals surface area contributed by atoms with Crippen LogP contribution in [0, 0.1) is 0 Å². The van der Waals surface area contributed by atoms with Crippen LogP contribution in [0.25, 0.3) is 6.08 Å². The number of urea groups is 1. The van der Waals surface area contributed by atoms with Gasteiger partial charge in [-0.3, -0.25) is 9.59 Å². The summed E-state index contributed by atoms with van der Waals surface area (Å²) in [6.07, 6.45) is 1.56. The van der Waals surface area contributed by atoms with Crippen molar-refractivity contribution in [1.29, 1.82) is 0 Å². The van der Waals surface area contributed by atoms with Crippen molar-refractivity contribution in [2.75, 3.05) is 32.6 Å². The number of halogens is 1.